The number of anilines is 1. The van der Waals surface area contributed by atoms with Gasteiger partial charge in [-0.2, -0.15) is 0 Å². The minimum atomic E-state index is -0.507. The highest BCUT2D eigenvalue weighted by Gasteiger charge is 2.03. The van der Waals surface area contributed by atoms with Crippen LogP contribution in [0.5, 0.6) is 0 Å². The average molecular weight is 237 g/mol. The van der Waals surface area contributed by atoms with Gasteiger partial charge in [-0.1, -0.05) is 12.1 Å². The minimum absolute atomic E-state index is 0.234. The largest absolute Gasteiger partial charge is 0.469 e. The molecule has 1 amide bonds. The molecule has 0 aliphatic carbocycles. The van der Waals surface area contributed by atoms with Gasteiger partial charge in [0.2, 0.25) is 0 Å². The van der Waals surface area contributed by atoms with E-state index in [2.05, 4.69) is 14.8 Å². The SMILES string of the molecule is COC(=O)CCc1ccc(NC(=O)OC)cc1. The highest BCUT2D eigenvalue weighted by molar-refractivity contribution is 5.84. The molecule has 0 fully saturated rings. The van der Waals surface area contributed by atoms with Gasteiger partial charge in [-0.15, -0.1) is 0 Å². The van der Waals surface area contributed by atoms with Crippen LogP contribution in [0.1, 0.15) is 12.0 Å². The number of hydrogen-bond donors (Lipinski definition) is 1. The molecule has 17 heavy (non-hydrogen) atoms. The maximum absolute atomic E-state index is 10.9. The van der Waals surface area contributed by atoms with Crippen molar-refractivity contribution in [2.24, 2.45) is 0 Å². The summed E-state index contributed by atoms with van der Waals surface area (Å²) in [5, 5.41) is 2.54. The standard InChI is InChI=1S/C12H15NO4/c1-16-11(14)8-5-9-3-6-10(7-4-9)13-12(15)17-2/h3-4,6-7H,5,8H2,1-2H3,(H,13,15). The normalized spacial score (nSPS) is 9.53. The molecule has 0 heterocycles. The van der Waals surface area contributed by atoms with Crippen molar-refractivity contribution < 1.29 is 19.1 Å². The highest BCUT2D eigenvalue weighted by Crippen LogP contribution is 2.11. The van der Waals surface area contributed by atoms with Crippen molar-refractivity contribution in [2.45, 2.75) is 12.8 Å². The Bertz CT molecular complexity index is 386. The van der Waals surface area contributed by atoms with E-state index in [0.717, 1.165) is 5.56 Å². The Balaban J connectivity index is 2.50. The molecule has 0 spiro atoms. The molecule has 0 atom stereocenters. The maximum atomic E-state index is 10.9. The Hall–Kier alpha value is -2.04. The van der Waals surface area contributed by atoms with Crippen molar-refractivity contribution in [3.8, 4) is 0 Å². The summed E-state index contributed by atoms with van der Waals surface area (Å²) in [6.07, 6.45) is 0.457. The molecule has 0 saturated carbocycles. The van der Waals surface area contributed by atoms with E-state index in [4.69, 9.17) is 0 Å². The Morgan fingerprint density at radius 2 is 1.76 bits per heavy atom. The molecule has 5 heteroatoms. The zero-order valence-corrected chi connectivity index (χ0v) is 9.86. The maximum Gasteiger partial charge on any atom is 0.411 e. The number of aryl methyl sites for hydroxylation is 1. The predicted molar refractivity (Wildman–Crippen MR) is 62.8 cm³/mol. The molecule has 0 saturated heterocycles. The monoisotopic (exact) mass is 237 g/mol. The Morgan fingerprint density at radius 3 is 2.29 bits per heavy atom. The zero-order chi connectivity index (χ0) is 12.7. The number of amides is 1. The number of carbonyl (C=O) groups is 2. The van der Waals surface area contributed by atoms with Gasteiger partial charge >= 0.3 is 12.1 Å². The van der Waals surface area contributed by atoms with E-state index in [9.17, 15) is 9.59 Å². The second-order valence-corrected chi connectivity index (χ2v) is 3.39. The molecule has 0 aromatic heterocycles. The van der Waals surface area contributed by atoms with E-state index >= 15 is 0 Å². The van der Waals surface area contributed by atoms with E-state index < -0.39 is 6.09 Å². The Morgan fingerprint density at radius 1 is 1.12 bits per heavy atom. The van der Waals surface area contributed by atoms with Crippen LogP contribution >= 0.6 is 0 Å². The Labute approximate surface area is 99.7 Å². The van der Waals surface area contributed by atoms with E-state index in [1.165, 1.54) is 14.2 Å². The molecule has 5 nitrogen and oxygen atoms in total. The van der Waals surface area contributed by atoms with Crippen LogP contribution in [0.3, 0.4) is 0 Å². The fraction of sp³-hybridized carbons (Fsp3) is 0.333. The van der Waals surface area contributed by atoms with E-state index in [1.807, 2.05) is 12.1 Å². The predicted octanol–water partition coefficient (Wildman–Crippen LogP) is 1.97. The quantitative estimate of drug-likeness (QED) is 0.813. The summed E-state index contributed by atoms with van der Waals surface area (Å²) in [6, 6.07) is 7.19. The average Bonchev–Trinajstić information content (AvgIpc) is 2.37. The van der Waals surface area contributed by atoms with Gasteiger partial charge in [-0.05, 0) is 24.1 Å². The van der Waals surface area contributed by atoms with E-state index in [1.54, 1.807) is 12.1 Å². The third-order valence-corrected chi connectivity index (χ3v) is 2.23. The molecule has 92 valence electrons. The number of ether oxygens (including phenoxy) is 2. The summed E-state index contributed by atoms with van der Waals surface area (Å²) in [5.41, 5.74) is 1.66. The number of benzene rings is 1. The first-order chi connectivity index (χ1) is 8.15. The summed E-state index contributed by atoms with van der Waals surface area (Å²) in [6.45, 7) is 0. The van der Waals surface area contributed by atoms with Gasteiger partial charge in [0.05, 0.1) is 14.2 Å². The molecule has 1 N–H and O–H groups in total. The molecule has 0 unspecified atom stereocenters. The fourth-order valence-corrected chi connectivity index (χ4v) is 1.27. The lowest BCUT2D eigenvalue weighted by atomic mass is 10.1. The number of carbonyl (C=O) groups excluding carboxylic acids is 2. The lowest BCUT2D eigenvalue weighted by Gasteiger charge is -2.05. The van der Waals surface area contributed by atoms with Gasteiger partial charge in [0.15, 0.2) is 0 Å². The highest BCUT2D eigenvalue weighted by atomic mass is 16.5. The summed E-state index contributed by atoms with van der Waals surface area (Å²) in [5.74, 6) is -0.234. The van der Waals surface area contributed by atoms with Crippen molar-refractivity contribution in [3.05, 3.63) is 29.8 Å². The van der Waals surface area contributed by atoms with E-state index in [-0.39, 0.29) is 5.97 Å². The van der Waals surface area contributed by atoms with Crippen molar-refractivity contribution in [1.82, 2.24) is 0 Å². The van der Waals surface area contributed by atoms with Crippen LogP contribution in [0, 0.1) is 0 Å². The second-order valence-electron chi connectivity index (χ2n) is 3.39. The molecule has 0 aliphatic rings. The van der Waals surface area contributed by atoms with Gasteiger partial charge < -0.3 is 9.47 Å². The molecule has 1 rings (SSSR count). The van der Waals surface area contributed by atoms with Crippen LogP contribution < -0.4 is 5.32 Å². The fourth-order valence-electron chi connectivity index (χ4n) is 1.27. The molecule has 1 aromatic rings. The molecular weight excluding hydrogens is 222 g/mol. The van der Waals surface area contributed by atoms with Crippen molar-refractivity contribution in [2.75, 3.05) is 19.5 Å². The first kappa shape index (κ1) is 13.0. The first-order valence-electron chi connectivity index (χ1n) is 5.16. The van der Waals surface area contributed by atoms with Crippen LogP contribution in [-0.2, 0) is 20.7 Å². The van der Waals surface area contributed by atoms with Gasteiger partial charge in [0.1, 0.15) is 0 Å². The summed E-state index contributed by atoms with van der Waals surface area (Å²) in [7, 11) is 2.67. The smallest absolute Gasteiger partial charge is 0.411 e. The first-order valence-corrected chi connectivity index (χ1v) is 5.16. The summed E-state index contributed by atoms with van der Waals surface area (Å²) < 4.78 is 9.02. The van der Waals surface area contributed by atoms with Crippen molar-refractivity contribution in [1.29, 1.82) is 0 Å². The molecule has 0 bridgehead atoms. The van der Waals surface area contributed by atoms with Crippen LogP contribution in [-0.4, -0.2) is 26.3 Å². The Kier molecular flexibility index (Phi) is 5.00. The van der Waals surface area contributed by atoms with Crippen LogP contribution in [0.15, 0.2) is 24.3 Å². The number of methoxy groups -OCH3 is 2. The van der Waals surface area contributed by atoms with Crippen molar-refractivity contribution in [3.63, 3.8) is 0 Å². The third kappa shape index (κ3) is 4.55. The molecular formula is C12H15NO4. The number of hydrogen-bond acceptors (Lipinski definition) is 4. The number of esters is 1. The lowest BCUT2D eigenvalue weighted by molar-refractivity contribution is -0.140. The molecule has 0 aliphatic heterocycles. The number of nitrogens with one attached hydrogen (secondary N) is 1. The van der Waals surface area contributed by atoms with Gasteiger partial charge in [-0.3, -0.25) is 10.1 Å². The summed E-state index contributed by atoms with van der Waals surface area (Å²) in [4.78, 5) is 21.9. The minimum Gasteiger partial charge on any atom is -0.469 e. The summed E-state index contributed by atoms with van der Waals surface area (Å²) >= 11 is 0. The van der Waals surface area contributed by atoms with Crippen LogP contribution in [0.2, 0.25) is 0 Å². The second kappa shape index (κ2) is 6.52. The zero-order valence-electron chi connectivity index (χ0n) is 9.86. The van der Waals surface area contributed by atoms with Gasteiger partial charge in [0.25, 0.3) is 0 Å². The van der Waals surface area contributed by atoms with Crippen molar-refractivity contribution >= 4 is 17.7 Å². The van der Waals surface area contributed by atoms with E-state index in [0.29, 0.717) is 18.5 Å². The van der Waals surface area contributed by atoms with Gasteiger partial charge in [-0.25, -0.2) is 4.79 Å². The molecule has 1 aromatic carbocycles. The number of rotatable bonds is 4. The van der Waals surface area contributed by atoms with Crippen LogP contribution in [0.25, 0.3) is 0 Å². The lowest BCUT2D eigenvalue weighted by Crippen LogP contribution is -2.10. The van der Waals surface area contributed by atoms with Crippen LogP contribution in [0.4, 0.5) is 10.5 Å². The van der Waals surface area contributed by atoms with Gasteiger partial charge in [0, 0.05) is 12.1 Å². The molecule has 0 radical (unpaired) electrons. The topological polar surface area (TPSA) is 64.6 Å². The third-order valence-electron chi connectivity index (χ3n) is 2.23.